The van der Waals surface area contributed by atoms with Crippen molar-refractivity contribution in [3.05, 3.63) is 34.9 Å². The molecule has 0 aliphatic heterocycles. The smallest absolute Gasteiger partial charge is 0.00521 e. The van der Waals surface area contributed by atoms with Gasteiger partial charge in [0.25, 0.3) is 0 Å². The van der Waals surface area contributed by atoms with Crippen molar-refractivity contribution in [1.29, 1.82) is 0 Å². The van der Waals surface area contributed by atoms with E-state index in [9.17, 15) is 0 Å². The van der Waals surface area contributed by atoms with E-state index in [4.69, 9.17) is 0 Å². The minimum Gasteiger partial charge on any atom is -0.234 e. The Morgan fingerprint density at radius 1 is 0.568 bits per heavy atom. The molecule has 0 amide bonds. The summed E-state index contributed by atoms with van der Waals surface area (Å²) in [4.78, 5) is 0. The van der Waals surface area contributed by atoms with Gasteiger partial charge in [-0.15, -0.1) is 0 Å². The van der Waals surface area contributed by atoms with Crippen LogP contribution in [0.1, 0.15) is 163 Å². The molecule has 5 saturated carbocycles. The highest BCUT2D eigenvalue weighted by atomic mass is 32.3. The number of rotatable bonds is 4. The third-order valence-corrected chi connectivity index (χ3v) is 21.4. The normalized spacial score (nSPS) is 43.8. The predicted octanol–water partition coefficient (Wildman–Crippen LogP) is 12.5. The summed E-state index contributed by atoms with van der Waals surface area (Å²) >= 11 is 0. The van der Waals surface area contributed by atoms with E-state index < -0.39 is 10.0 Å². The van der Waals surface area contributed by atoms with Crippen LogP contribution in [-0.4, -0.2) is 22.0 Å². The average molecular weight is 621 g/mol. The van der Waals surface area contributed by atoms with Gasteiger partial charge in [-0.3, -0.25) is 0 Å². The van der Waals surface area contributed by atoms with Gasteiger partial charge in [0, 0.05) is 0 Å². The summed E-state index contributed by atoms with van der Waals surface area (Å²) in [5.74, 6) is 8.97. The van der Waals surface area contributed by atoms with Crippen LogP contribution in [0, 0.1) is 53.3 Å². The van der Waals surface area contributed by atoms with Gasteiger partial charge in [-0.05, 0) is 141 Å². The second-order valence-corrected chi connectivity index (χ2v) is 23.7. The highest BCUT2D eigenvalue weighted by Crippen LogP contribution is 2.76. The molecule has 12 unspecified atom stereocenters. The standard InChI is InChI=1S/C43H72S/c1-26-21-37-38(40(26)44(12,35-18-14-13-15-19-35)41-29(4)27(2)28(3)30(41)5)24-31-17-16-20-36(31)39(37)32-22-33(42(6,7)8)25-34(23-32)43(9,10)11/h22-23,25-31,35-41H,13-21,24H2,1-12H3. The molecule has 1 aromatic carbocycles. The fraction of sp³-hybridized carbons (Fsp3) is 0.860. The summed E-state index contributed by atoms with van der Waals surface area (Å²) in [6.07, 6.45) is 18.1. The van der Waals surface area contributed by atoms with Crippen LogP contribution in [0.5, 0.6) is 0 Å². The van der Waals surface area contributed by atoms with Crippen LogP contribution in [0.15, 0.2) is 18.2 Å². The van der Waals surface area contributed by atoms with Crippen LogP contribution in [-0.2, 0) is 10.8 Å². The molecule has 0 nitrogen and oxygen atoms in total. The first-order valence-corrected chi connectivity index (χ1v) is 21.7. The van der Waals surface area contributed by atoms with E-state index in [-0.39, 0.29) is 10.8 Å². The Labute approximate surface area is 276 Å². The topological polar surface area (TPSA) is 0 Å². The fourth-order valence-corrected chi connectivity index (χ4v) is 20.0. The summed E-state index contributed by atoms with van der Waals surface area (Å²) in [5, 5.41) is 2.98. The van der Waals surface area contributed by atoms with Gasteiger partial charge in [0.2, 0.25) is 0 Å². The molecular weight excluding hydrogens is 549 g/mol. The fourth-order valence-electron chi connectivity index (χ4n) is 12.9. The van der Waals surface area contributed by atoms with Crippen LogP contribution in [0.3, 0.4) is 0 Å². The van der Waals surface area contributed by atoms with Gasteiger partial charge in [0.15, 0.2) is 0 Å². The van der Waals surface area contributed by atoms with Crippen LogP contribution in [0.25, 0.3) is 0 Å². The van der Waals surface area contributed by atoms with Gasteiger partial charge < -0.3 is 0 Å². The van der Waals surface area contributed by atoms with Crippen LogP contribution < -0.4 is 0 Å². The molecule has 1 aromatic rings. The molecule has 0 saturated heterocycles. The van der Waals surface area contributed by atoms with Crippen molar-refractivity contribution in [2.75, 3.05) is 6.26 Å². The lowest BCUT2D eigenvalue weighted by molar-refractivity contribution is 0.123. The maximum absolute atomic E-state index is 3.00. The summed E-state index contributed by atoms with van der Waals surface area (Å²) < 4.78 is 0. The minimum atomic E-state index is -0.779. The molecule has 5 fully saturated rings. The zero-order chi connectivity index (χ0) is 31.9. The molecule has 0 heterocycles. The first-order valence-electron chi connectivity index (χ1n) is 19.5. The van der Waals surface area contributed by atoms with Gasteiger partial charge in [0.05, 0.1) is 0 Å². The summed E-state index contributed by atoms with van der Waals surface area (Å²) in [6.45, 7) is 28.1. The van der Waals surface area contributed by atoms with Crippen molar-refractivity contribution in [2.45, 2.75) is 173 Å². The Balaban J connectivity index is 1.47. The van der Waals surface area contributed by atoms with E-state index >= 15 is 0 Å². The van der Waals surface area contributed by atoms with Crippen molar-refractivity contribution < 1.29 is 0 Å². The molecule has 12 atom stereocenters. The molecule has 6 rings (SSSR count). The Kier molecular flexibility index (Phi) is 9.06. The lowest BCUT2D eigenvalue weighted by atomic mass is 9.61. The number of fused-ring (bicyclic) bond motifs is 2. The molecule has 0 radical (unpaired) electrons. The van der Waals surface area contributed by atoms with Gasteiger partial charge in [0.1, 0.15) is 0 Å². The Morgan fingerprint density at radius 3 is 1.68 bits per heavy atom. The van der Waals surface area contributed by atoms with Crippen molar-refractivity contribution in [3.63, 3.8) is 0 Å². The Bertz CT molecular complexity index is 1110. The molecule has 5 aliphatic rings. The van der Waals surface area contributed by atoms with Gasteiger partial charge in [-0.2, -0.15) is 0 Å². The van der Waals surface area contributed by atoms with Crippen LogP contribution >= 0.6 is 10.0 Å². The van der Waals surface area contributed by atoms with E-state index in [0.717, 1.165) is 74.9 Å². The zero-order valence-electron chi connectivity index (χ0n) is 31.2. The van der Waals surface area contributed by atoms with E-state index in [1.165, 1.54) is 44.9 Å². The van der Waals surface area contributed by atoms with Crippen molar-refractivity contribution in [2.24, 2.45) is 53.3 Å². The Hall–Kier alpha value is -0.430. The number of hydrogen-bond donors (Lipinski definition) is 0. The summed E-state index contributed by atoms with van der Waals surface area (Å²) in [6, 6.07) is 8.03. The van der Waals surface area contributed by atoms with E-state index in [1.807, 2.05) is 0 Å². The minimum absolute atomic E-state index is 0.191. The van der Waals surface area contributed by atoms with Crippen molar-refractivity contribution >= 4 is 10.0 Å². The average Bonchev–Trinajstić information content (AvgIpc) is 3.62. The van der Waals surface area contributed by atoms with Gasteiger partial charge in [-0.25, -0.2) is 10.0 Å². The number of benzene rings is 1. The monoisotopic (exact) mass is 621 g/mol. The highest BCUT2D eigenvalue weighted by molar-refractivity contribution is 8.34. The maximum Gasteiger partial charge on any atom is -0.00521 e. The quantitative estimate of drug-likeness (QED) is 0.314. The second-order valence-electron chi connectivity index (χ2n) is 19.7. The lowest BCUT2D eigenvalue weighted by Crippen LogP contribution is -2.47. The zero-order valence-corrected chi connectivity index (χ0v) is 32.0. The van der Waals surface area contributed by atoms with Gasteiger partial charge in [-0.1, -0.05) is 126 Å². The maximum atomic E-state index is 3.00. The molecule has 250 valence electrons. The summed E-state index contributed by atoms with van der Waals surface area (Å²) in [5.41, 5.74) is 5.29. The van der Waals surface area contributed by atoms with E-state index in [1.54, 1.807) is 36.0 Å². The van der Waals surface area contributed by atoms with Crippen LogP contribution in [0.4, 0.5) is 0 Å². The van der Waals surface area contributed by atoms with E-state index in [0.29, 0.717) is 0 Å². The molecule has 44 heavy (non-hydrogen) atoms. The lowest BCUT2D eigenvalue weighted by Gasteiger charge is -2.60. The summed E-state index contributed by atoms with van der Waals surface area (Å²) in [7, 11) is -0.779. The third-order valence-electron chi connectivity index (χ3n) is 15.4. The molecule has 0 spiro atoms. The predicted molar refractivity (Wildman–Crippen MR) is 197 cm³/mol. The van der Waals surface area contributed by atoms with Gasteiger partial charge >= 0.3 is 0 Å². The van der Waals surface area contributed by atoms with E-state index in [2.05, 4.69) is 101 Å². The second kappa shape index (κ2) is 11.9. The molecule has 0 aromatic heterocycles. The Morgan fingerprint density at radius 2 is 1.14 bits per heavy atom. The van der Waals surface area contributed by atoms with Crippen molar-refractivity contribution in [3.8, 4) is 0 Å². The van der Waals surface area contributed by atoms with Crippen LogP contribution in [0.2, 0.25) is 0 Å². The molecule has 1 heteroatoms. The van der Waals surface area contributed by atoms with Crippen molar-refractivity contribution in [1.82, 2.24) is 0 Å². The molecule has 0 N–H and O–H groups in total. The molecule has 0 bridgehead atoms. The number of hydrogen-bond acceptors (Lipinski definition) is 0. The molecular formula is C43H72S. The SMILES string of the molecule is CC1CC2C(CC3CCCC3C2c2cc(C(C)(C)C)cc(C(C)(C)C)c2)C1S(C)(C1CCCCC1)C1C(C)C(C)C(C)C1C. The molecule has 5 aliphatic carbocycles. The highest BCUT2D eigenvalue weighted by Gasteiger charge is 2.61. The first kappa shape index (κ1) is 33.5. The third kappa shape index (κ3) is 5.50. The largest absolute Gasteiger partial charge is 0.234 e. The first-order chi connectivity index (χ1) is 20.5.